The third-order valence-corrected chi connectivity index (χ3v) is 6.51. The maximum absolute atomic E-state index is 12.6. The van der Waals surface area contributed by atoms with Gasteiger partial charge in [-0.25, -0.2) is 0 Å². The average Bonchev–Trinajstić information content (AvgIpc) is 2.93. The summed E-state index contributed by atoms with van der Waals surface area (Å²) in [6.07, 6.45) is 8.58. The predicted octanol–water partition coefficient (Wildman–Crippen LogP) is 2.07. The van der Waals surface area contributed by atoms with Crippen LogP contribution in [0.15, 0.2) is 24.4 Å². The number of aromatic nitrogens is 3. The lowest BCUT2D eigenvalue weighted by Gasteiger charge is -2.60. The lowest BCUT2D eigenvalue weighted by molar-refractivity contribution is -0.169. The molecule has 6 heteroatoms. The molecule has 0 aromatic carbocycles. The third kappa shape index (κ3) is 2.63. The van der Waals surface area contributed by atoms with Crippen molar-refractivity contribution in [1.29, 1.82) is 0 Å². The van der Waals surface area contributed by atoms with Gasteiger partial charge in [-0.3, -0.25) is 9.20 Å². The zero-order valence-electron chi connectivity index (χ0n) is 14.3. The number of nitrogens with zero attached hydrogens (tertiary/aromatic N) is 3. The van der Waals surface area contributed by atoms with Crippen molar-refractivity contribution >= 4 is 11.6 Å². The fourth-order valence-corrected chi connectivity index (χ4v) is 6.20. The van der Waals surface area contributed by atoms with Gasteiger partial charge in [0.1, 0.15) is 0 Å². The van der Waals surface area contributed by atoms with E-state index in [2.05, 4.69) is 15.5 Å². The number of hydrogen-bond donors (Lipinski definition) is 2. The van der Waals surface area contributed by atoms with E-state index in [0.29, 0.717) is 24.8 Å². The molecule has 6 nitrogen and oxygen atoms in total. The number of hydrogen-bond acceptors (Lipinski definition) is 4. The Labute approximate surface area is 146 Å². The van der Waals surface area contributed by atoms with Crippen molar-refractivity contribution in [2.24, 2.45) is 17.3 Å². The van der Waals surface area contributed by atoms with Crippen LogP contribution < -0.4 is 5.32 Å². The molecule has 2 atom stereocenters. The molecule has 0 aliphatic heterocycles. The van der Waals surface area contributed by atoms with E-state index in [1.54, 1.807) is 0 Å². The smallest absolute Gasteiger partial charge is 0.220 e. The van der Waals surface area contributed by atoms with Gasteiger partial charge in [0, 0.05) is 12.6 Å². The minimum Gasteiger partial charge on any atom is -0.390 e. The summed E-state index contributed by atoms with van der Waals surface area (Å²) in [5.41, 5.74) is 0.290. The standard InChI is InChI=1S/C19H24N4O2/c24-17(20-11-16-22-21-15-3-1-2-4-23(15)16)10-18-6-13-5-14(7-18)9-19(25,8-13)12-18/h1-4,13-14,25H,5-12H2,(H,20,24). The number of carbonyl (C=O) groups is 1. The molecule has 4 aliphatic rings. The summed E-state index contributed by atoms with van der Waals surface area (Å²) in [4.78, 5) is 12.6. The molecule has 2 heterocycles. The van der Waals surface area contributed by atoms with Gasteiger partial charge in [0.05, 0.1) is 12.1 Å². The van der Waals surface area contributed by atoms with Crippen LogP contribution in [0.25, 0.3) is 5.65 Å². The number of rotatable bonds is 4. The second kappa shape index (κ2) is 5.27. The van der Waals surface area contributed by atoms with E-state index in [4.69, 9.17) is 0 Å². The highest BCUT2D eigenvalue weighted by Crippen LogP contribution is 2.62. The molecule has 6 rings (SSSR count). The van der Waals surface area contributed by atoms with Gasteiger partial charge in [-0.1, -0.05) is 6.07 Å². The SMILES string of the molecule is O=C(CC12CC3CC(CC(O)(C3)C1)C2)NCc1nnc2ccccn12. The van der Waals surface area contributed by atoms with Crippen molar-refractivity contribution in [2.75, 3.05) is 0 Å². The van der Waals surface area contributed by atoms with Crippen LogP contribution in [0, 0.1) is 17.3 Å². The number of amides is 1. The number of carbonyl (C=O) groups excluding carboxylic acids is 1. The molecule has 0 radical (unpaired) electrons. The van der Waals surface area contributed by atoms with Gasteiger partial charge in [-0.15, -0.1) is 10.2 Å². The van der Waals surface area contributed by atoms with Crippen molar-refractivity contribution in [3.05, 3.63) is 30.2 Å². The van der Waals surface area contributed by atoms with Gasteiger partial charge < -0.3 is 10.4 Å². The summed E-state index contributed by atoms with van der Waals surface area (Å²) < 4.78 is 1.90. The van der Waals surface area contributed by atoms with Crippen LogP contribution in [-0.2, 0) is 11.3 Å². The van der Waals surface area contributed by atoms with Crippen LogP contribution in [0.4, 0.5) is 0 Å². The Balaban J connectivity index is 1.27. The fraction of sp³-hybridized carbons (Fsp3) is 0.632. The van der Waals surface area contributed by atoms with Gasteiger partial charge in [0.2, 0.25) is 5.91 Å². The minimum absolute atomic E-state index is 0.00975. The van der Waals surface area contributed by atoms with Crippen molar-refractivity contribution in [3.63, 3.8) is 0 Å². The molecule has 4 bridgehead atoms. The van der Waals surface area contributed by atoms with E-state index < -0.39 is 5.60 Å². The highest BCUT2D eigenvalue weighted by molar-refractivity contribution is 5.76. The largest absolute Gasteiger partial charge is 0.390 e. The number of fused-ring (bicyclic) bond motifs is 1. The van der Waals surface area contributed by atoms with Crippen molar-refractivity contribution in [1.82, 2.24) is 19.9 Å². The molecule has 4 saturated carbocycles. The maximum atomic E-state index is 12.6. The summed E-state index contributed by atoms with van der Waals surface area (Å²) in [6, 6.07) is 5.75. The summed E-state index contributed by atoms with van der Waals surface area (Å²) >= 11 is 0. The Bertz CT molecular complexity index is 816. The quantitative estimate of drug-likeness (QED) is 0.893. The molecular formula is C19H24N4O2. The first-order valence-electron chi connectivity index (χ1n) is 9.30. The molecule has 0 saturated heterocycles. The number of pyridine rings is 1. The van der Waals surface area contributed by atoms with E-state index >= 15 is 0 Å². The lowest BCUT2D eigenvalue weighted by atomic mass is 9.47. The summed E-state index contributed by atoms with van der Waals surface area (Å²) in [5.74, 6) is 2.03. The molecule has 2 aromatic rings. The van der Waals surface area contributed by atoms with Crippen LogP contribution in [-0.4, -0.2) is 31.2 Å². The van der Waals surface area contributed by atoms with Crippen molar-refractivity contribution in [2.45, 2.75) is 57.1 Å². The topological polar surface area (TPSA) is 79.5 Å². The minimum atomic E-state index is -0.506. The monoisotopic (exact) mass is 340 g/mol. The molecule has 2 N–H and O–H groups in total. The van der Waals surface area contributed by atoms with Crippen LogP contribution in [0.1, 0.15) is 50.8 Å². The molecule has 2 unspecified atom stereocenters. The second-order valence-corrected chi connectivity index (χ2v) is 8.68. The van der Waals surface area contributed by atoms with Crippen LogP contribution in [0.5, 0.6) is 0 Å². The van der Waals surface area contributed by atoms with Gasteiger partial charge >= 0.3 is 0 Å². The summed E-state index contributed by atoms with van der Waals surface area (Å²) in [7, 11) is 0. The average molecular weight is 340 g/mol. The zero-order chi connectivity index (χ0) is 17.1. The Morgan fingerprint density at radius 1 is 1.24 bits per heavy atom. The summed E-state index contributed by atoms with van der Waals surface area (Å²) in [6.45, 7) is 0.386. The first-order valence-corrected chi connectivity index (χ1v) is 9.30. The molecule has 0 spiro atoms. The van der Waals surface area contributed by atoms with Crippen LogP contribution in [0.2, 0.25) is 0 Å². The Morgan fingerprint density at radius 3 is 2.80 bits per heavy atom. The molecule has 25 heavy (non-hydrogen) atoms. The Morgan fingerprint density at radius 2 is 2.04 bits per heavy atom. The number of nitrogens with one attached hydrogen (secondary N) is 1. The number of aliphatic hydroxyl groups is 1. The highest BCUT2D eigenvalue weighted by atomic mass is 16.3. The molecule has 132 valence electrons. The molecule has 4 fully saturated rings. The summed E-state index contributed by atoms with van der Waals surface area (Å²) in [5, 5.41) is 22.1. The van der Waals surface area contributed by atoms with Gasteiger partial charge in [-0.2, -0.15) is 0 Å². The highest BCUT2D eigenvalue weighted by Gasteiger charge is 2.57. The Hall–Kier alpha value is -1.95. The molecular weight excluding hydrogens is 316 g/mol. The molecule has 2 aromatic heterocycles. The first-order chi connectivity index (χ1) is 12.0. The van der Waals surface area contributed by atoms with E-state index in [9.17, 15) is 9.90 Å². The van der Waals surface area contributed by atoms with Crippen LogP contribution in [0.3, 0.4) is 0 Å². The van der Waals surface area contributed by atoms with Gasteiger partial charge in [0.25, 0.3) is 0 Å². The van der Waals surface area contributed by atoms with E-state index in [0.717, 1.165) is 43.6 Å². The Kier molecular flexibility index (Phi) is 3.23. The second-order valence-electron chi connectivity index (χ2n) is 8.68. The van der Waals surface area contributed by atoms with Gasteiger partial charge in [0.15, 0.2) is 11.5 Å². The first kappa shape index (κ1) is 15.3. The fourth-order valence-electron chi connectivity index (χ4n) is 6.20. The van der Waals surface area contributed by atoms with E-state index in [1.807, 2.05) is 28.8 Å². The van der Waals surface area contributed by atoms with E-state index in [-0.39, 0.29) is 11.3 Å². The van der Waals surface area contributed by atoms with Crippen molar-refractivity contribution < 1.29 is 9.90 Å². The van der Waals surface area contributed by atoms with Crippen molar-refractivity contribution in [3.8, 4) is 0 Å². The third-order valence-electron chi connectivity index (χ3n) is 6.51. The van der Waals surface area contributed by atoms with Gasteiger partial charge in [-0.05, 0) is 67.9 Å². The molecule has 4 aliphatic carbocycles. The predicted molar refractivity (Wildman–Crippen MR) is 91.5 cm³/mol. The van der Waals surface area contributed by atoms with E-state index in [1.165, 1.54) is 6.42 Å². The van der Waals surface area contributed by atoms with Crippen LogP contribution >= 0.6 is 0 Å². The normalized spacial score (nSPS) is 36.0. The lowest BCUT2D eigenvalue weighted by Crippen LogP contribution is -2.56. The zero-order valence-corrected chi connectivity index (χ0v) is 14.3. The maximum Gasteiger partial charge on any atom is 0.220 e. The molecule has 1 amide bonds.